The molecule has 0 aliphatic carbocycles. The Morgan fingerprint density at radius 1 is 1.69 bits per heavy atom. The Morgan fingerprint density at radius 3 is 3.00 bits per heavy atom. The molecule has 0 aromatic carbocycles. The molecule has 0 aliphatic heterocycles. The quantitative estimate of drug-likeness (QED) is 0.795. The molecule has 1 unspecified atom stereocenters. The molecule has 4 nitrogen and oxygen atoms in total. The number of pyridine rings is 1. The van der Waals surface area contributed by atoms with E-state index in [-0.39, 0.29) is 17.1 Å². The van der Waals surface area contributed by atoms with Crippen LogP contribution in [0.1, 0.15) is 37.0 Å². The van der Waals surface area contributed by atoms with E-state index in [1.165, 1.54) is 12.3 Å². The van der Waals surface area contributed by atoms with Crippen LogP contribution < -0.4 is 11.1 Å². The summed E-state index contributed by atoms with van der Waals surface area (Å²) in [4.78, 5) is 15.6. The third-order valence-electron chi connectivity index (χ3n) is 2.25. The van der Waals surface area contributed by atoms with Gasteiger partial charge in [-0.1, -0.05) is 24.9 Å². The number of halogens is 1. The van der Waals surface area contributed by atoms with E-state index in [9.17, 15) is 4.79 Å². The van der Waals surface area contributed by atoms with Crippen LogP contribution in [-0.2, 0) is 0 Å². The number of carbonyl (C=O) groups is 1. The van der Waals surface area contributed by atoms with Crippen molar-refractivity contribution < 1.29 is 4.79 Å². The number of nitrogen functional groups attached to an aromatic ring is 1. The summed E-state index contributed by atoms with van der Waals surface area (Å²) in [5, 5.41) is 3.13. The Bertz CT molecular complexity index is 381. The fourth-order valence-corrected chi connectivity index (χ4v) is 1.60. The van der Waals surface area contributed by atoms with E-state index in [2.05, 4.69) is 17.2 Å². The molecule has 1 heterocycles. The molecule has 0 radical (unpaired) electrons. The van der Waals surface area contributed by atoms with Crippen molar-refractivity contribution in [3.8, 4) is 0 Å². The first-order valence-corrected chi connectivity index (χ1v) is 5.64. The Morgan fingerprint density at radius 2 is 2.38 bits per heavy atom. The zero-order valence-electron chi connectivity index (χ0n) is 9.46. The van der Waals surface area contributed by atoms with E-state index >= 15 is 0 Å². The SMILES string of the molecule is CCCC(C)NC(=O)c1cc(Cl)ncc1N. The number of rotatable bonds is 4. The average molecular weight is 242 g/mol. The summed E-state index contributed by atoms with van der Waals surface area (Å²) >= 11 is 5.71. The molecule has 0 fully saturated rings. The second kappa shape index (κ2) is 5.70. The van der Waals surface area contributed by atoms with E-state index < -0.39 is 0 Å². The number of carbonyl (C=O) groups excluding carboxylic acids is 1. The number of hydrogen-bond donors (Lipinski definition) is 2. The number of nitrogens with two attached hydrogens (primary N) is 1. The van der Waals surface area contributed by atoms with E-state index in [1.807, 2.05) is 6.92 Å². The maximum atomic E-state index is 11.8. The van der Waals surface area contributed by atoms with Gasteiger partial charge in [0.25, 0.3) is 5.91 Å². The van der Waals surface area contributed by atoms with Gasteiger partial charge in [-0.25, -0.2) is 4.98 Å². The van der Waals surface area contributed by atoms with Gasteiger partial charge in [-0.15, -0.1) is 0 Å². The van der Waals surface area contributed by atoms with Gasteiger partial charge in [0.15, 0.2) is 0 Å². The van der Waals surface area contributed by atoms with Crippen molar-refractivity contribution in [2.75, 3.05) is 5.73 Å². The number of hydrogen-bond acceptors (Lipinski definition) is 3. The van der Waals surface area contributed by atoms with Crippen molar-refractivity contribution in [3.63, 3.8) is 0 Å². The highest BCUT2D eigenvalue weighted by Gasteiger charge is 2.13. The van der Waals surface area contributed by atoms with Crippen molar-refractivity contribution in [1.29, 1.82) is 0 Å². The summed E-state index contributed by atoms with van der Waals surface area (Å²) in [7, 11) is 0. The number of aromatic nitrogens is 1. The Labute approximate surface area is 100 Å². The van der Waals surface area contributed by atoms with Gasteiger partial charge in [-0.2, -0.15) is 0 Å². The van der Waals surface area contributed by atoms with Gasteiger partial charge in [-0.3, -0.25) is 4.79 Å². The number of nitrogens with zero attached hydrogens (tertiary/aromatic N) is 1. The van der Waals surface area contributed by atoms with Gasteiger partial charge in [0.1, 0.15) is 5.15 Å². The molecule has 1 rings (SSSR count). The Balaban J connectivity index is 2.76. The third kappa shape index (κ3) is 3.38. The van der Waals surface area contributed by atoms with Crippen LogP contribution in [0.4, 0.5) is 5.69 Å². The van der Waals surface area contributed by atoms with Gasteiger partial charge in [0.05, 0.1) is 17.4 Å². The normalized spacial score (nSPS) is 12.2. The monoisotopic (exact) mass is 241 g/mol. The minimum Gasteiger partial charge on any atom is -0.397 e. The zero-order valence-corrected chi connectivity index (χ0v) is 10.2. The minimum atomic E-state index is -0.206. The molecule has 3 N–H and O–H groups in total. The van der Waals surface area contributed by atoms with Gasteiger partial charge in [0, 0.05) is 6.04 Å². The van der Waals surface area contributed by atoms with Crippen LogP contribution in [0.15, 0.2) is 12.3 Å². The summed E-state index contributed by atoms with van der Waals surface area (Å²) in [6, 6.07) is 1.61. The highest BCUT2D eigenvalue weighted by atomic mass is 35.5. The molecular weight excluding hydrogens is 226 g/mol. The van der Waals surface area contributed by atoms with Crippen LogP contribution in [0.25, 0.3) is 0 Å². The highest BCUT2D eigenvalue weighted by molar-refractivity contribution is 6.29. The predicted molar refractivity (Wildman–Crippen MR) is 65.5 cm³/mol. The van der Waals surface area contributed by atoms with E-state index in [1.54, 1.807) is 0 Å². The zero-order chi connectivity index (χ0) is 12.1. The molecule has 1 amide bonds. The summed E-state index contributed by atoms with van der Waals surface area (Å²) in [6.45, 7) is 4.03. The topological polar surface area (TPSA) is 68.0 Å². The largest absolute Gasteiger partial charge is 0.397 e. The summed E-state index contributed by atoms with van der Waals surface area (Å²) in [6.07, 6.45) is 3.35. The fourth-order valence-electron chi connectivity index (χ4n) is 1.44. The molecular formula is C11H16ClN3O. The van der Waals surface area contributed by atoms with Crippen LogP contribution in [0.5, 0.6) is 0 Å². The predicted octanol–water partition coefficient (Wildman–Crippen LogP) is 2.24. The lowest BCUT2D eigenvalue weighted by atomic mass is 10.1. The van der Waals surface area contributed by atoms with Crippen molar-refractivity contribution in [3.05, 3.63) is 23.0 Å². The molecule has 5 heteroatoms. The van der Waals surface area contributed by atoms with Gasteiger partial charge < -0.3 is 11.1 Å². The molecule has 16 heavy (non-hydrogen) atoms. The minimum absolute atomic E-state index is 0.129. The second-order valence-electron chi connectivity index (χ2n) is 3.76. The Hall–Kier alpha value is -1.29. The fraction of sp³-hybridized carbons (Fsp3) is 0.455. The first-order valence-electron chi connectivity index (χ1n) is 5.26. The molecule has 88 valence electrons. The van der Waals surface area contributed by atoms with Gasteiger partial charge in [0.2, 0.25) is 0 Å². The van der Waals surface area contributed by atoms with Crippen LogP contribution in [-0.4, -0.2) is 16.9 Å². The maximum Gasteiger partial charge on any atom is 0.253 e. The van der Waals surface area contributed by atoms with E-state index in [0.29, 0.717) is 11.3 Å². The lowest BCUT2D eigenvalue weighted by molar-refractivity contribution is 0.0939. The molecule has 0 spiro atoms. The molecule has 0 bridgehead atoms. The Kier molecular flexibility index (Phi) is 4.55. The number of anilines is 1. The van der Waals surface area contributed by atoms with Crippen molar-refractivity contribution in [1.82, 2.24) is 10.3 Å². The van der Waals surface area contributed by atoms with E-state index in [4.69, 9.17) is 17.3 Å². The van der Waals surface area contributed by atoms with Gasteiger partial charge >= 0.3 is 0 Å². The smallest absolute Gasteiger partial charge is 0.253 e. The van der Waals surface area contributed by atoms with Crippen LogP contribution in [0.3, 0.4) is 0 Å². The van der Waals surface area contributed by atoms with Crippen molar-refractivity contribution >= 4 is 23.2 Å². The average Bonchev–Trinajstić information content (AvgIpc) is 2.21. The molecule has 0 saturated carbocycles. The van der Waals surface area contributed by atoms with E-state index in [0.717, 1.165) is 12.8 Å². The number of nitrogens with one attached hydrogen (secondary N) is 1. The van der Waals surface area contributed by atoms with Crippen LogP contribution >= 0.6 is 11.6 Å². The van der Waals surface area contributed by atoms with Crippen LogP contribution in [0.2, 0.25) is 5.15 Å². The summed E-state index contributed by atoms with van der Waals surface area (Å²) < 4.78 is 0. The molecule has 1 aromatic heterocycles. The molecule has 0 aliphatic rings. The number of amides is 1. The summed E-state index contributed by atoms with van der Waals surface area (Å²) in [5.41, 5.74) is 6.37. The first-order chi connectivity index (χ1) is 7.54. The molecule has 1 atom stereocenters. The summed E-state index contributed by atoms with van der Waals surface area (Å²) in [5.74, 6) is -0.206. The van der Waals surface area contributed by atoms with Crippen molar-refractivity contribution in [2.24, 2.45) is 0 Å². The second-order valence-corrected chi connectivity index (χ2v) is 4.14. The first kappa shape index (κ1) is 12.8. The molecule has 0 saturated heterocycles. The van der Waals surface area contributed by atoms with Crippen LogP contribution in [0, 0.1) is 0 Å². The standard InChI is InChI=1S/C11H16ClN3O/c1-3-4-7(2)15-11(16)8-5-10(12)14-6-9(8)13/h5-7H,3-4,13H2,1-2H3,(H,15,16). The third-order valence-corrected chi connectivity index (χ3v) is 2.45. The lowest BCUT2D eigenvalue weighted by Gasteiger charge is -2.13. The molecule has 1 aromatic rings. The maximum absolute atomic E-state index is 11.8. The highest BCUT2D eigenvalue weighted by Crippen LogP contribution is 2.15. The van der Waals surface area contributed by atoms with Crippen molar-refractivity contribution in [2.45, 2.75) is 32.7 Å². The lowest BCUT2D eigenvalue weighted by Crippen LogP contribution is -2.32. The van der Waals surface area contributed by atoms with Gasteiger partial charge in [-0.05, 0) is 19.4 Å².